The Kier molecular flexibility index (Phi) is 6.10. The molecule has 19 heavy (non-hydrogen) atoms. The first-order chi connectivity index (χ1) is 8.83. The van der Waals surface area contributed by atoms with Crippen LogP contribution in [0.4, 0.5) is 5.69 Å². The number of rotatable bonds is 7. The summed E-state index contributed by atoms with van der Waals surface area (Å²) in [6.07, 6.45) is 2.94. The van der Waals surface area contributed by atoms with Crippen molar-refractivity contribution in [1.29, 1.82) is 0 Å². The lowest BCUT2D eigenvalue weighted by Gasteiger charge is -2.09. The summed E-state index contributed by atoms with van der Waals surface area (Å²) < 4.78 is 26.6. The van der Waals surface area contributed by atoms with E-state index in [1.54, 1.807) is 0 Å². The quantitative estimate of drug-likeness (QED) is 0.601. The molecule has 0 aliphatic rings. The molecule has 3 N–H and O–H groups in total. The van der Waals surface area contributed by atoms with E-state index in [2.05, 4.69) is 18.6 Å². The molecule has 0 spiro atoms. The van der Waals surface area contributed by atoms with Crippen molar-refractivity contribution in [2.24, 2.45) is 5.92 Å². The number of nitrogen functional groups attached to an aromatic ring is 1. The minimum absolute atomic E-state index is 0.0840. The van der Waals surface area contributed by atoms with Crippen molar-refractivity contribution in [2.75, 3.05) is 12.3 Å². The molecule has 0 unspecified atom stereocenters. The first-order valence-electron chi connectivity index (χ1n) is 6.37. The summed E-state index contributed by atoms with van der Waals surface area (Å²) >= 11 is 5.75. The third-order valence-corrected chi connectivity index (χ3v) is 4.53. The van der Waals surface area contributed by atoms with Crippen LogP contribution in [0.5, 0.6) is 0 Å². The predicted molar refractivity (Wildman–Crippen MR) is 79.7 cm³/mol. The van der Waals surface area contributed by atoms with Crippen LogP contribution in [0.2, 0.25) is 5.02 Å². The number of benzene rings is 1. The van der Waals surface area contributed by atoms with Crippen molar-refractivity contribution in [3.05, 3.63) is 23.2 Å². The summed E-state index contributed by atoms with van der Waals surface area (Å²) in [6.45, 7) is 4.73. The average Bonchev–Trinajstić information content (AvgIpc) is 2.27. The first-order valence-corrected chi connectivity index (χ1v) is 8.23. The highest BCUT2D eigenvalue weighted by molar-refractivity contribution is 7.89. The van der Waals surface area contributed by atoms with Crippen LogP contribution in [-0.4, -0.2) is 15.0 Å². The minimum atomic E-state index is -3.54. The largest absolute Gasteiger partial charge is 0.398 e. The maximum Gasteiger partial charge on any atom is 0.242 e. The minimum Gasteiger partial charge on any atom is -0.398 e. The van der Waals surface area contributed by atoms with Gasteiger partial charge in [0.15, 0.2) is 0 Å². The van der Waals surface area contributed by atoms with Gasteiger partial charge in [-0.2, -0.15) is 0 Å². The fourth-order valence-electron chi connectivity index (χ4n) is 1.73. The van der Waals surface area contributed by atoms with Crippen LogP contribution in [0.3, 0.4) is 0 Å². The van der Waals surface area contributed by atoms with Crippen molar-refractivity contribution in [1.82, 2.24) is 4.72 Å². The first kappa shape index (κ1) is 16.3. The Balaban J connectivity index is 2.56. The van der Waals surface area contributed by atoms with Gasteiger partial charge >= 0.3 is 0 Å². The number of nitrogens with one attached hydrogen (secondary N) is 1. The molecule has 0 aliphatic heterocycles. The van der Waals surface area contributed by atoms with Crippen LogP contribution >= 0.6 is 11.6 Å². The standard InChI is InChI=1S/C13H21ClN2O2S/c1-10(2)5-3-4-8-16-19(17,18)13-7-6-11(14)9-12(13)15/h6-7,9-10,16H,3-5,8,15H2,1-2H3. The van der Waals surface area contributed by atoms with Crippen LogP contribution in [-0.2, 0) is 10.0 Å². The second-order valence-corrected chi connectivity index (χ2v) is 7.14. The lowest BCUT2D eigenvalue weighted by Crippen LogP contribution is -2.25. The lowest BCUT2D eigenvalue weighted by atomic mass is 10.1. The lowest BCUT2D eigenvalue weighted by molar-refractivity contribution is 0.530. The predicted octanol–water partition coefficient (Wildman–Crippen LogP) is 3.03. The molecule has 0 aliphatic carbocycles. The van der Waals surface area contributed by atoms with Crippen molar-refractivity contribution in [2.45, 2.75) is 38.0 Å². The molecule has 4 nitrogen and oxygen atoms in total. The summed E-state index contributed by atoms with van der Waals surface area (Å²) in [6, 6.07) is 4.38. The molecule has 1 aromatic rings. The number of sulfonamides is 1. The number of anilines is 1. The third kappa shape index (κ3) is 5.38. The van der Waals surface area contributed by atoms with Crippen LogP contribution in [0.1, 0.15) is 33.1 Å². The van der Waals surface area contributed by atoms with Crippen LogP contribution in [0.15, 0.2) is 23.1 Å². The Morgan fingerprint density at radius 2 is 2.00 bits per heavy atom. The molecule has 0 heterocycles. The highest BCUT2D eigenvalue weighted by atomic mass is 35.5. The molecule has 1 rings (SSSR count). The van der Waals surface area contributed by atoms with Gasteiger partial charge in [0.1, 0.15) is 4.90 Å². The average molecular weight is 305 g/mol. The van der Waals surface area contributed by atoms with Gasteiger partial charge in [-0.15, -0.1) is 0 Å². The summed E-state index contributed by atoms with van der Waals surface area (Å²) in [5.74, 6) is 0.642. The van der Waals surface area contributed by atoms with E-state index in [1.165, 1.54) is 18.2 Å². The smallest absolute Gasteiger partial charge is 0.242 e. The number of hydrogen-bond acceptors (Lipinski definition) is 3. The van der Waals surface area contributed by atoms with Crippen molar-refractivity contribution < 1.29 is 8.42 Å². The summed E-state index contributed by atoms with van der Waals surface area (Å²) in [5.41, 5.74) is 5.84. The van der Waals surface area contributed by atoms with Crippen LogP contribution in [0, 0.1) is 5.92 Å². The summed E-state index contributed by atoms with van der Waals surface area (Å²) in [4.78, 5) is 0.0840. The van der Waals surface area contributed by atoms with Gasteiger partial charge in [-0.1, -0.05) is 38.3 Å². The molecule has 0 bridgehead atoms. The van der Waals surface area contributed by atoms with E-state index >= 15 is 0 Å². The third-order valence-electron chi connectivity index (χ3n) is 2.76. The molecule has 0 amide bonds. The molecule has 6 heteroatoms. The van der Waals surface area contributed by atoms with E-state index in [0.29, 0.717) is 17.5 Å². The number of hydrogen-bond donors (Lipinski definition) is 2. The normalized spacial score (nSPS) is 12.0. The van der Waals surface area contributed by atoms with Crippen LogP contribution < -0.4 is 10.5 Å². The molecule has 0 radical (unpaired) electrons. The molecular weight excluding hydrogens is 284 g/mol. The Morgan fingerprint density at radius 1 is 1.32 bits per heavy atom. The highest BCUT2D eigenvalue weighted by Crippen LogP contribution is 2.22. The van der Waals surface area contributed by atoms with Crippen molar-refractivity contribution in [3.63, 3.8) is 0 Å². The molecule has 108 valence electrons. The maximum absolute atomic E-state index is 12.0. The number of halogens is 1. The molecule has 0 aromatic heterocycles. The van der Waals surface area contributed by atoms with Crippen LogP contribution in [0.25, 0.3) is 0 Å². The van der Waals surface area contributed by atoms with E-state index in [-0.39, 0.29) is 10.6 Å². The monoisotopic (exact) mass is 304 g/mol. The molecular formula is C13H21ClN2O2S. The molecule has 0 fully saturated rings. The second-order valence-electron chi connectivity index (χ2n) is 4.97. The van der Waals surface area contributed by atoms with Gasteiger partial charge in [0.2, 0.25) is 10.0 Å². The number of nitrogens with two attached hydrogens (primary N) is 1. The SMILES string of the molecule is CC(C)CCCCNS(=O)(=O)c1ccc(Cl)cc1N. The molecule has 0 atom stereocenters. The summed E-state index contributed by atoms with van der Waals surface area (Å²) in [7, 11) is -3.54. The van der Waals surface area contributed by atoms with E-state index in [0.717, 1.165) is 19.3 Å². The van der Waals surface area contributed by atoms with E-state index < -0.39 is 10.0 Å². The Labute approximate surface area is 120 Å². The second kappa shape index (κ2) is 7.12. The van der Waals surface area contributed by atoms with Gasteiger partial charge in [-0.05, 0) is 30.5 Å². The van der Waals surface area contributed by atoms with E-state index in [4.69, 9.17) is 17.3 Å². The zero-order valence-electron chi connectivity index (χ0n) is 11.3. The van der Waals surface area contributed by atoms with Crippen molar-refractivity contribution >= 4 is 27.3 Å². The topological polar surface area (TPSA) is 72.2 Å². The van der Waals surface area contributed by atoms with Gasteiger partial charge in [-0.25, -0.2) is 13.1 Å². The van der Waals surface area contributed by atoms with Crippen molar-refractivity contribution in [3.8, 4) is 0 Å². The maximum atomic E-state index is 12.0. The van der Waals surface area contributed by atoms with Gasteiger partial charge in [-0.3, -0.25) is 0 Å². The van der Waals surface area contributed by atoms with E-state index in [1.807, 2.05) is 0 Å². The van der Waals surface area contributed by atoms with Gasteiger partial charge in [0.25, 0.3) is 0 Å². The highest BCUT2D eigenvalue weighted by Gasteiger charge is 2.16. The Bertz CT molecular complexity index is 515. The zero-order valence-corrected chi connectivity index (χ0v) is 12.9. The van der Waals surface area contributed by atoms with Gasteiger partial charge < -0.3 is 5.73 Å². The summed E-state index contributed by atoms with van der Waals surface area (Å²) in [5, 5.41) is 0.424. The Hall–Kier alpha value is -0.780. The fraction of sp³-hybridized carbons (Fsp3) is 0.538. The zero-order chi connectivity index (χ0) is 14.5. The molecule has 0 saturated carbocycles. The Morgan fingerprint density at radius 3 is 2.58 bits per heavy atom. The fourth-order valence-corrected chi connectivity index (χ4v) is 3.09. The molecule has 1 aromatic carbocycles. The van der Waals surface area contributed by atoms with E-state index in [9.17, 15) is 8.42 Å². The molecule has 0 saturated heterocycles. The van der Waals surface area contributed by atoms with Gasteiger partial charge in [0, 0.05) is 11.6 Å². The van der Waals surface area contributed by atoms with Gasteiger partial charge in [0.05, 0.1) is 5.69 Å². The number of unbranched alkanes of at least 4 members (excludes halogenated alkanes) is 1.